The normalized spacial score (nSPS) is 15.2. The molecule has 1 aromatic heterocycles. The highest BCUT2D eigenvalue weighted by Gasteiger charge is 2.34. The Hall–Kier alpha value is -4.14. The molecule has 1 aliphatic rings. The molecule has 2 heterocycles. The predicted molar refractivity (Wildman–Crippen MR) is 124 cm³/mol. The third-order valence-electron chi connectivity index (χ3n) is 5.64. The maximum absolute atomic E-state index is 12.8. The molecule has 0 saturated carbocycles. The Kier molecular flexibility index (Phi) is 7.22. The summed E-state index contributed by atoms with van der Waals surface area (Å²) < 4.78 is 10.4. The first kappa shape index (κ1) is 23.0. The van der Waals surface area contributed by atoms with Crippen LogP contribution in [0.2, 0.25) is 0 Å². The highest BCUT2D eigenvalue weighted by Crippen LogP contribution is 2.18. The number of hydrogen-bond donors (Lipinski definition) is 2. The monoisotopic (exact) mass is 463 g/mol. The molecule has 4 rings (SSSR count). The van der Waals surface area contributed by atoms with Gasteiger partial charge >= 0.3 is 11.7 Å². The maximum Gasteiger partial charge on any atom is 0.407 e. The number of likely N-dealkylation sites (tertiary alicyclic amines) is 1. The summed E-state index contributed by atoms with van der Waals surface area (Å²) in [7, 11) is 0. The van der Waals surface area contributed by atoms with E-state index in [2.05, 4.69) is 10.6 Å². The van der Waals surface area contributed by atoms with E-state index >= 15 is 0 Å². The van der Waals surface area contributed by atoms with E-state index in [0.717, 1.165) is 10.9 Å². The highest BCUT2D eigenvalue weighted by atomic mass is 16.5. The van der Waals surface area contributed by atoms with Gasteiger partial charge < -0.3 is 24.7 Å². The van der Waals surface area contributed by atoms with Gasteiger partial charge in [-0.2, -0.15) is 0 Å². The molecule has 0 radical (unpaired) electrons. The maximum atomic E-state index is 12.8. The predicted octanol–water partition coefficient (Wildman–Crippen LogP) is 2.33. The van der Waals surface area contributed by atoms with E-state index < -0.39 is 17.8 Å². The minimum absolute atomic E-state index is 0.00536. The van der Waals surface area contributed by atoms with Gasteiger partial charge in [-0.1, -0.05) is 48.5 Å². The molecule has 0 spiro atoms. The first-order chi connectivity index (χ1) is 16.5. The number of carbonyl (C=O) groups is 3. The average molecular weight is 463 g/mol. The number of amides is 3. The number of nitrogens with zero attached hydrogens (tertiary/aromatic N) is 1. The van der Waals surface area contributed by atoms with Gasteiger partial charge in [-0.3, -0.25) is 9.59 Å². The van der Waals surface area contributed by atoms with Crippen molar-refractivity contribution in [1.82, 2.24) is 15.5 Å². The molecule has 2 aromatic carbocycles. The number of alkyl carbamates (subject to hydrolysis) is 1. The Morgan fingerprint density at radius 3 is 2.62 bits per heavy atom. The summed E-state index contributed by atoms with van der Waals surface area (Å²) in [6.07, 6.45) is 0.461. The van der Waals surface area contributed by atoms with E-state index in [9.17, 15) is 19.2 Å². The smallest absolute Gasteiger partial charge is 0.407 e. The number of carbonyl (C=O) groups excluding carboxylic acids is 3. The van der Waals surface area contributed by atoms with Crippen LogP contribution in [0.15, 0.2) is 69.9 Å². The average Bonchev–Trinajstić information content (AvgIpc) is 3.35. The van der Waals surface area contributed by atoms with Crippen molar-refractivity contribution in [3.05, 3.63) is 82.2 Å². The molecule has 3 aromatic rings. The Morgan fingerprint density at radius 2 is 1.79 bits per heavy atom. The summed E-state index contributed by atoms with van der Waals surface area (Å²) in [5.74, 6) is -0.732. The van der Waals surface area contributed by atoms with Gasteiger partial charge in [0.2, 0.25) is 11.8 Å². The van der Waals surface area contributed by atoms with E-state index in [4.69, 9.17) is 9.15 Å². The number of nitrogens with one attached hydrogen (secondary N) is 2. The van der Waals surface area contributed by atoms with Crippen molar-refractivity contribution in [2.45, 2.75) is 32.0 Å². The van der Waals surface area contributed by atoms with Crippen LogP contribution in [0.25, 0.3) is 11.0 Å². The Labute approximate surface area is 195 Å². The van der Waals surface area contributed by atoms with Crippen LogP contribution in [-0.2, 0) is 27.5 Å². The zero-order valence-electron chi connectivity index (χ0n) is 18.5. The van der Waals surface area contributed by atoms with Crippen molar-refractivity contribution < 1.29 is 23.5 Å². The fourth-order valence-electron chi connectivity index (χ4n) is 3.89. The lowest BCUT2D eigenvalue weighted by atomic mass is 10.1. The summed E-state index contributed by atoms with van der Waals surface area (Å²) in [6, 6.07) is 17.3. The third kappa shape index (κ3) is 5.61. The number of para-hydroxylation sites is 1. The van der Waals surface area contributed by atoms with Gasteiger partial charge in [0.05, 0.1) is 12.1 Å². The van der Waals surface area contributed by atoms with Crippen LogP contribution >= 0.6 is 0 Å². The molecule has 0 unspecified atom stereocenters. The summed E-state index contributed by atoms with van der Waals surface area (Å²) in [4.78, 5) is 50.9. The number of fused-ring (bicyclic) bond motifs is 1. The van der Waals surface area contributed by atoms with Crippen LogP contribution in [0.4, 0.5) is 4.79 Å². The lowest BCUT2D eigenvalue weighted by molar-refractivity contribution is -0.137. The van der Waals surface area contributed by atoms with E-state index in [1.165, 1.54) is 4.90 Å². The Bertz CT molecular complexity index is 1240. The molecule has 1 aliphatic heterocycles. The van der Waals surface area contributed by atoms with Crippen molar-refractivity contribution in [3.63, 3.8) is 0 Å². The van der Waals surface area contributed by atoms with Gasteiger partial charge in [-0.25, -0.2) is 9.59 Å². The summed E-state index contributed by atoms with van der Waals surface area (Å²) >= 11 is 0. The summed E-state index contributed by atoms with van der Waals surface area (Å²) in [6.45, 7) is 0.231. The SMILES string of the molecule is O=C(NCC(=O)N1CCC[C@H]1C(=O)NCc1cc2ccccc2oc1=O)OCc1ccccc1. The van der Waals surface area contributed by atoms with E-state index in [1.54, 1.807) is 18.2 Å². The second kappa shape index (κ2) is 10.7. The van der Waals surface area contributed by atoms with Crippen molar-refractivity contribution >= 4 is 28.9 Å². The molecule has 1 saturated heterocycles. The molecular weight excluding hydrogens is 438 g/mol. The van der Waals surface area contributed by atoms with Gasteiger partial charge in [-0.05, 0) is 30.5 Å². The molecular formula is C25H25N3O6. The van der Waals surface area contributed by atoms with Crippen LogP contribution < -0.4 is 16.3 Å². The topological polar surface area (TPSA) is 118 Å². The molecule has 1 fully saturated rings. The van der Waals surface area contributed by atoms with Crippen molar-refractivity contribution in [1.29, 1.82) is 0 Å². The quantitative estimate of drug-likeness (QED) is 0.520. The molecule has 3 amide bonds. The van der Waals surface area contributed by atoms with Gasteiger partial charge in [0.1, 0.15) is 24.8 Å². The van der Waals surface area contributed by atoms with Gasteiger partial charge in [0.25, 0.3) is 0 Å². The molecule has 9 heteroatoms. The molecule has 34 heavy (non-hydrogen) atoms. The zero-order chi connectivity index (χ0) is 23.9. The van der Waals surface area contributed by atoms with Crippen LogP contribution in [0.5, 0.6) is 0 Å². The Morgan fingerprint density at radius 1 is 1.03 bits per heavy atom. The fourth-order valence-corrected chi connectivity index (χ4v) is 3.89. The number of benzene rings is 2. The van der Waals surface area contributed by atoms with Crippen LogP contribution in [0.3, 0.4) is 0 Å². The van der Waals surface area contributed by atoms with Crippen LogP contribution in [0.1, 0.15) is 24.0 Å². The van der Waals surface area contributed by atoms with E-state index in [-0.39, 0.29) is 31.5 Å². The summed E-state index contributed by atoms with van der Waals surface area (Å²) in [5.41, 5.74) is 1.12. The standard InChI is InChI=1S/C25H25N3O6/c29-22(15-27-25(32)33-16-17-7-2-1-3-8-17)28-12-6-10-20(28)23(30)26-14-19-13-18-9-4-5-11-21(18)34-24(19)31/h1-5,7-9,11,13,20H,6,10,12,14-16H2,(H,26,30)(H,27,32)/t20-/m0/s1. The molecule has 0 aliphatic carbocycles. The van der Waals surface area contributed by atoms with Crippen LogP contribution in [-0.4, -0.2) is 41.9 Å². The Balaban J connectivity index is 1.28. The molecule has 0 bridgehead atoms. The molecule has 1 atom stereocenters. The highest BCUT2D eigenvalue weighted by molar-refractivity contribution is 5.90. The second-order valence-corrected chi connectivity index (χ2v) is 7.98. The van der Waals surface area contributed by atoms with Crippen molar-refractivity contribution in [2.24, 2.45) is 0 Å². The lowest BCUT2D eigenvalue weighted by Crippen LogP contribution is -2.49. The van der Waals surface area contributed by atoms with Gasteiger partial charge in [-0.15, -0.1) is 0 Å². The minimum atomic E-state index is -0.708. The third-order valence-corrected chi connectivity index (χ3v) is 5.64. The summed E-state index contributed by atoms with van der Waals surface area (Å²) in [5, 5.41) is 5.92. The minimum Gasteiger partial charge on any atom is -0.445 e. The lowest BCUT2D eigenvalue weighted by Gasteiger charge is -2.24. The zero-order valence-corrected chi connectivity index (χ0v) is 18.5. The fraction of sp³-hybridized carbons (Fsp3) is 0.280. The number of hydrogen-bond acceptors (Lipinski definition) is 6. The molecule has 9 nitrogen and oxygen atoms in total. The first-order valence-corrected chi connectivity index (χ1v) is 11.0. The van der Waals surface area contributed by atoms with Gasteiger partial charge in [0.15, 0.2) is 0 Å². The van der Waals surface area contributed by atoms with Crippen molar-refractivity contribution in [2.75, 3.05) is 13.1 Å². The first-order valence-electron chi connectivity index (χ1n) is 11.0. The molecule has 176 valence electrons. The number of rotatable bonds is 7. The van der Waals surface area contributed by atoms with Gasteiger partial charge in [0, 0.05) is 11.9 Å². The van der Waals surface area contributed by atoms with E-state index in [0.29, 0.717) is 30.5 Å². The molecule has 2 N–H and O–H groups in total. The van der Waals surface area contributed by atoms with E-state index in [1.807, 2.05) is 42.5 Å². The van der Waals surface area contributed by atoms with Crippen molar-refractivity contribution in [3.8, 4) is 0 Å². The van der Waals surface area contributed by atoms with Crippen LogP contribution in [0, 0.1) is 0 Å². The number of ether oxygens (including phenoxy) is 1. The second-order valence-electron chi connectivity index (χ2n) is 7.98. The largest absolute Gasteiger partial charge is 0.445 e.